The molecular formula is C25H28F2N6O2. The van der Waals surface area contributed by atoms with Gasteiger partial charge >= 0.3 is 0 Å². The van der Waals surface area contributed by atoms with Gasteiger partial charge in [-0.2, -0.15) is 9.37 Å². The van der Waals surface area contributed by atoms with Crippen molar-refractivity contribution in [1.29, 1.82) is 0 Å². The average Bonchev–Trinajstić information content (AvgIpc) is 2.85. The summed E-state index contributed by atoms with van der Waals surface area (Å²) >= 11 is 0. The molecule has 8 nitrogen and oxygen atoms in total. The fourth-order valence-corrected chi connectivity index (χ4v) is 5.27. The minimum atomic E-state index is -1.01. The van der Waals surface area contributed by atoms with Crippen LogP contribution in [0.1, 0.15) is 32.6 Å². The Hall–Kier alpha value is -3.40. The van der Waals surface area contributed by atoms with Crippen LogP contribution in [-0.2, 0) is 0 Å². The lowest BCUT2D eigenvalue weighted by molar-refractivity contribution is 0.0607. The number of nitrogens with one attached hydrogen (secondary N) is 1. The normalized spacial score (nSPS) is 25.8. The summed E-state index contributed by atoms with van der Waals surface area (Å²) in [4.78, 5) is 9.84. The van der Waals surface area contributed by atoms with Gasteiger partial charge in [0.15, 0.2) is 11.6 Å². The highest BCUT2D eigenvalue weighted by Gasteiger charge is 2.47. The second-order valence-electron chi connectivity index (χ2n) is 9.62. The van der Waals surface area contributed by atoms with Gasteiger partial charge in [0.25, 0.3) is 0 Å². The van der Waals surface area contributed by atoms with E-state index in [0.29, 0.717) is 28.9 Å². The maximum absolute atomic E-state index is 15.2. The van der Waals surface area contributed by atoms with Crippen molar-refractivity contribution in [3.63, 3.8) is 0 Å². The molecule has 2 aromatic heterocycles. The number of aromatic hydroxyl groups is 1. The molecule has 0 saturated carbocycles. The quantitative estimate of drug-likeness (QED) is 0.529. The molecule has 0 spiro atoms. The standard InChI is InChI=1S/C25H28F2N6O2/c1-25-8-4-5-17(30-25)23(27)18(12-25)33(2)21-13-28-24(32-31-21)16-7-6-14(9-19(16)34)15-10-20(26)29-22(11-15)35-3/h6-7,9-11,13,17-18,23,30,34H,4-5,8,12H2,1-3H3/t17-,18-,23+,25-/m1/s1. The van der Waals surface area contributed by atoms with Gasteiger partial charge in [0.2, 0.25) is 11.8 Å². The highest BCUT2D eigenvalue weighted by molar-refractivity contribution is 5.73. The monoisotopic (exact) mass is 482 g/mol. The maximum atomic E-state index is 15.2. The third-order valence-corrected chi connectivity index (χ3v) is 7.15. The van der Waals surface area contributed by atoms with Crippen molar-refractivity contribution < 1.29 is 18.6 Å². The topological polar surface area (TPSA) is 96.3 Å². The fourth-order valence-electron chi connectivity index (χ4n) is 5.27. The first-order valence-electron chi connectivity index (χ1n) is 11.7. The number of piperidine rings is 2. The first-order valence-corrected chi connectivity index (χ1v) is 11.7. The lowest BCUT2D eigenvalue weighted by Crippen LogP contribution is -2.66. The molecule has 35 heavy (non-hydrogen) atoms. The van der Waals surface area contributed by atoms with Crippen molar-refractivity contribution in [1.82, 2.24) is 25.5 Å². The number of phenols is 1. The third-order valence-electron chi connectivity index (χ3n) is 7.15. The van der Waals surface area contributed by atoms with Crippen molar-refractivity contribution in [3.05, 3.63) is 42.5 Å². The average molecular weight is 483 g/mol. The van der Waals surface area contributed by atoms with E-state index in [0.717, 1.165) is 19.3 Å². The summed E-state index contributed by atoms with van der Waals surface area (Å²) in [6.45, 7) is 2.15. The van der Waals surface area contributed by atoms with Crippen LogP contribution in [0.15, 0.2) is 36.5 Å². The molecule has 184 valence electrons. The summed E-state index contributed by atoms with van der Waals surface area (Å²) in [7, 11) is 3.23. The Balaban J connectivity index is 1.36. The first kappa shape index (κ1) is 23.3. The van der Waals surface area contributed by atoms with Crippen molar-refractivity contribution in [2.24, 2.45) is 0 Å². The summed E-state index contributed by atoms with van der Waals surface area (Å²) in [5.74, 6) is 0.0790. The molecule has 3 aromatic rings. The van der Waals surface area contributed by atoms with E-state index >= 15 is 4.39 Å². The number of aromatic nitrogens is 4. The Morgan fingerprint density at radius 3 is 2.74 bits per heavy atom. The number of pyridine rings is 1. The van der Waals surface area contributed by atoms with Crippen LogP contribution in [0.5, 0.6) is 11.6 Å². The zero-order valence-corrected chi connectivity index (χ0v) is 19.9. The van der Waals surface area contributed by atoms with Gasteiger partial charge in [-0.3, -0.25) is 0 Å². The van der Waals surface area contributed by atoms with E-state index in [9.17, 15) is 9.50 Å². The third kappa shape index (κ3) is 4.50. The van der Waals surface area contributed by atoms with Crippen LogP contribution >= 0.6 is 0 Å². The Morgan fingerprint density at radius 2 is 2.03 bits per heavy atom. The zero-order chi connectivity index (χ0) is 24.7. The number of benzene rings is 1. The van der Waals surface area contributed by atoms with Gasteiger partial charge in [0.05, 0.1) is 24.9 Å². The van der Waals surface area contributed by atoms with Gasteiger partial charge in [-0.05, 0) is 55.9 Å². The molecular weight excluding hydrogens is 454 g/mol. The van der Waals surface area contributed by atoms with E-state index in [2.05, 4.69) is 32.4 Å². The molecule has 2 saturated heterocycles. The van der Waals surface area contributed by atoms with Gasteiger partial charge in [-0.25, -0.2) is 9.37 Å². The molecule has 2 bridgehead atoms. The molecule has 0 aliphatic carbocycles. The predicted molar refractivity (Wildman–Crippen MR) is 128 cm³/mol. The second-order valence-corrected chi connectivity index (χ2v) is 9.62. The highest BCUT2D eigenvalue weighted by atomic mass is 19.1. The minimum absolute atomic E-state index is 0.0791. The van der Waals surface area contributed by atoms with E-state index < -0.39 is 12.1 Å². The first-order chi connectivity index (χ1) is 16.8. The fraction of sp³-hybridized carbons (Fsp3) is 0.440. The lowest BCUT2D eigenvalue weighted by atomic mass is 9.74. The molecule has 2 N–H and O–H groups in total. The molecule has 5 rings (SSSR count). The van der Waals surface area contributed by atoms with Crippen molar-refractivity contribution in [2.45, 2.75) is 56.4 Å². The smallest absolute Gasteiger partial charge is 0.216 e. The van der Waals surface area contributed by atoms with Crippen LogP contribution in [0.25, 0.3) is 22.5 Å². The van der Waals surface area contributed by atoms with Gasteiger partial charge in [0, 0.05) is 30.8 Å². The van der Waals surface area contributed by atoms with E-state index in [1.54, 1.807) is 24.4 Å². The summed E-state index contributed by atoms with van der Waals surface area (Å²) in [6.07, 6.45) is 4.10. The molecule has 10 heteroatoms. The summed E-state index contributed by atoms with van der Waals surface area (Å²) in [5, 5.41) is 22.6. The van der Waals surface area contributed by atoms with E-state index in [4.69, 9.17) is 4.74 Å². The number of ether oxygens (including phenoxy) is 1. The number of hydrogen-bond acceptors (Lipinski definition) is 8. The Kier molecular flexibility index (Phi) is 6.00. The summed E-state index contributed by atoms with van der Waals surface area (Å²) < 4.78 is 34.0. The van der Waals surface area contributed by atoms with Crippen LogP contribution in [-0.4, -0.2) is 63.2 Å². The van der Waals surface area contributed by atoms with E-state index in [-0.39, 0.29) is 35.1 Å². The lowest BCUT2D eigenvalue weighted by Gasteiger charge is -2.51. The molecule has 2 fully saturated rings. The highest BCUT2D eigenvalue weighted by Crippen LogP contribution is 2.38. The van der Waals surface area contributed by atoms with Crippen LogP contribution < -0.4 is 15.0 Å². The van der Waals surface area contributed by atoms with Gasteiger partial charge in [-0.1, -0.05) is 6.07 Å². The number of methoxy groups -OCH3 is 1. The van der Waals surface area contributed by atoms with Gasteiger partial charge < -0.3 is 20.1 Å². The number of alkyl halides is 1. The van der Waals surface area contributed by atoms with E-state index in [1.165, 1.54) is 19.2 Å². The molecule has 4 heterocycles. The van der Waals surface area contributed by atoms with Gasteiger partial charge in [-0.15, -0.1) is 10.2 Å². The molecule has 0 radical (unpaired) electrons. The van der Waals surface area contributed by atoms with Crippen molar-refractivity contribution in [2.75, 3.05) is 19.1 Å². The Bertz CT molecular complexity index is 1230. The van der Waals surface area contributed by atoms with Crippen LogP contribution in [0.4, 0.5) is 14.6 Å². The summed E-state index contributed by atoms with van der Waals surface area (Å²) in [6, 6.07) is 7.21. The van der Waals surface area contributed by atoms with Crippen LogP contribution in [0.2, 0.25) is 0 Å². The molecule has 1 aromatic carbocycles. The number of nitrogens with zero attached hydrogens (tertiary/aromatic N) is 5. The number of fused-ring (bicyclic) bond motifs is 2. The number of phenolic OH excluding ortho intramolecular Hbond substituents is 1. The maximum Gasteiger partial charge on any atom is 0.216 e. The minimum Gasteiger partial charge on any atom is -0.507 e. The SMILES string of the molecule is COc1cc(-c2ccc(-c3ncc(N(C)[C@@H]4C[C@@]5(C)CCC[C@@H](N5)[C@@H]4F)nn3)c(O)c2)cc(F)n1. The van der Waals surface area contributed by atoms with Crippen LogP contribution in [0, 0.1) is 5.95 Å². The molecule has 4 atom stereocenters. The summed E-state index contributed by atoms with van der Waals surface area (Å²) in [5.41, 5.74) is 1.38. The Morgan fingerprint density at radius 1 is 1.20 bits per heavy atom. The largest absolute Gasteiger partial charge is 0.507 e. The second kappa shape index (κ2) is 8.99. The molecule has 0 unspecified atom stereocenters. The molecule has 0 amide bonds. The molecule has 2 aliphatic heterocycles. The van der Waals surface area contributed by atoms with Gasteiger partial charge in [0.1, 0.15) is 11.9 Å². The molecule has 2 aliphatic rings. The van der Waals surface area contributed by atoms with Crippen molar-refractivity contribution in [3.8, 4) is 34.1 Å². The number of anilines is 1. The number of rotatable bonds is 5. The van der Waals surface area contributed by atoms with Crippen LogP contribution in [0.3, 0.4) is 0 Å². The Labute approximate surface area is 202 Å². The van der Waals surface area contributed by atoms with E-state index in [1.807, 2.05) is 11.9 Å². The number of hydrogen-bond donors (Lipinski definition) is 2. The predicted octanol–water partition coefficient (Wildman–Crippen LogP) is 3.90. The zero-order valence-electron chi connectivity index (χ0n) is 19.9. The van der Waals surface area contributed by atoms with Crippen molar-refractivity contribution >= 4 is 5.82 Å². The number of halogens is 2.